The van der Waals surface area contributed by atoms with Gasteiger partial charge in [-0.25, -0.2) is 0 Å². The van der Waals surface area contributed by atoms with Crippen molar-refractivity contribution < 1.29 is 15.0 Å². The Labute approximate surface area is 237 Å². The van der Waals surface area contributed by atoms with Gasteiger partial charge >= 0.3 is 0 Å². The van der Waals surface area contributed by atoms with Crippen LogP contribution in [-0.4, -0.2) is 34.9 Å². The van der Waals surface area contributed by atoms with Crippen molar-refractivity contribution in [3.8, 4) is 0 Å². The lowest BCUT2D eigenvalue weighted by atomic mass is 10.0. The van der Waals surface area contributed by atoms with Gasteiger partial charge in [-0.2, -0.15) is 0 Å². The van der Waals surface area contributed by atoms with E-state index in [0.29, 0.717) is 6.42 Å². The highest BCUT2D eigenvalue weighted by molar-refractivity contribution is 5.76. The first-order chi connectivity index (χ1) is 18.7. The molecule has 0 spiro atoms. The quantitative estimate of drug-likeness (QED) is 0.0660. The Kier molecular flexibility index (Phi) is 29.5. The average molecular weight is 536 g/mol. The molecular formula is C34H65NO3. The molecule has 224 valence electrons. The number of rotatable bonds is 29. The fourth-order valence-electron chi connectivity index (χ4n) is 4.82. The minimum Gasteiger partial charge on any atom is -0.394 e. The van der Waals surface area contributed by atoms with Gasteiger partial charge in [-0.3, -0.25) is 4.79 Å². The lowest BCUT2D eigenvalue weighted by molar-refractivity contribution is -0.123. The summed E-state index contributed by atoms with van der Waals surface area (Å²) < 4.78 is 0. The highest BCUT2D eigenvalue weighted by Crippen LogP contribution is 2.13. The topological polar surface area (TPSA) is 69.6 Å². The van der Waals surface area contributed by atoms with Gasteiger partial charge in [-0.05, 0) is 44.9 Å². The van der Waals surface area contributed by atoms with E-state index in [1.807, 2.05) is 6.08 Å². The zero-order valence-electron chi connectivity index (χ0n) is 25.4. The predicted octanol–water partition coefficient (Wildman–Crippen LogP) is 9.34. The van der Waals surface area contributed by atoms with Crippen LogP contribution in [0, 0.1) is 0 Å². The Morgan fingerprint density at radius 2 is 1.00 bits per heavy atom. The molecule has 1 amide bonds. The van der Waals surface area contributed by atoms with Crippen LogP contribution in [0.15, 0.2) is 24.3 Å². The Morgan fingerprint density at radius 3 is 1.45 bits per heavy atom. The molecule has 4 heteroatoms. The van der Waals surface area contributed by atoms with Gasteiger partial charge in [-0.15, -0.1) is 0 Å². The minimum atomic E-state index is -0.838. The molecule has 0 aliphatic carbocycles. The largest absolute Gasteiger partial charge is 0.394 e. The standard InChI is InChI=1S/C34H65NO3/c1-3-5-7-9-11-13-15-17-19-21-23-25-27-29-33(37)32(31-36)35-34(38)30-28-26-24-22-20-18-16-14-12-10-8-6-4-2/h16,18,27,29,32-33,36-37H,3-15,17,19-26,28,30-31H2,1-2H3,(H,35,38)/b18-16-,29-27+. The van der Waals surface area contributed by atoms with Gasteiger partial charge in [0, 0.05) is 6.42 Å². The third-order valence-corrected chi connectivity index (χ3v) is 7.43. The third kappa shape index (κ3) is 26.5. The Balaban J connectivity index is 3.69. The molecule has 38 heavy (non-hydrogen) atoms. The highest BCUT2D eigenvalue weighted by Gasteiger charge is 2.17. The fourth-order valence-corrected chi connectivity index (χ4v) is 4.82. The number of amides is 1. The first-order valence-corrected chi connectivity index (χ1v) is 16.6. The van der Waals surface area contributed by atoms with Crippen molar-refractivity contribution in [2.24, 2.45) is 0 Å². The van der Waals surface area contributed by atoms with Gasteiger partial charge in [0.05, 0.1) is 18.8 Å². The van der Waals surface area contributed by atoms with Crippen molar-refractivity contribution in [3.05, 3.63) is 24.3 Å². The smallest absolute Gasteiger partial charge is 0.220 e. The summed E-state index contributed by atoms with van der Waals surface area (Å²) in [6.07, 6.45) is 36.8. The van der Waals surface area contributed by atoms with Gasteiger partial charge in [0.2, 0.25) is 5.91 Å². The number of aliphatic hydroxyl groups is 2. The van der Waals surface area contributed by atoms with Crippen LogP contribution >= 0.6 is 0 Å². The maximum Gasteiger partial charge on any atom is 0.220 e. The van der Waals surface area contributed by atoms with Crippen LogP contribution < -0.4 is 5.32 Å². The van der Waals surface area contributed by atoms with Crippen molar-refractivity contribution in [2.45, 2.75) is 180 Å². The zero-order valence-corrected chi connectivity index (χ0v) is 25.4. The maximum atomic E-state index is 12.2. The lowest BCUT2D eigenvalue weighted by Gasteiger charge is -2.20. The second kappa shape index (κ2) is 30.4. The van der Waals surface area contributed by atoms with E-state index in [-0.39, 0.29) is 12.5 Å². The Hall–Kier alpha value is -1.13. The summed E-state index contributed by atoms with van der Waals surface area (Å²) in [5, 5.41) is 22.8. The van der Waals surface area contributed by atoms with E-state index >= 15 is 0 Å². The highest BCUT2D eigenvalue weighted by atomic mass is 16.3. The van der Waals surface area contributed by atoms with Gasteiger partial charge in [0.1, 0.15) is 0 Å². The van der Waals surface area contributed by atoms with Gasteiger partial charge < -0.3 is 15.5 Å². The fraction of sp³-hybridized carbons (Fsp3) is 0.853. The number of carbonyl (C=O) groups excluding carboxylic acids is 1. The van der Waals surface area contributed by atoms with Crippen LogP contribution in [0.5, 0.6) is 0 Å². The monoisotopic (exact) mass is 535 g/mol. The zero-order chi connectivity index (χ0) is 27.9. The summed E-state index contributed by atoms with van der Waals surface area (Å²) in [5.41, 5.74) is 0. The number of allylic oxidation sites excluding steroid dienone is 3. The van der Waals surface area contributed by atoms with Crippen LogP contribution in [-0.2, 0) is 4.79 Å². The van der Waals surface area contributed by atoms with Crippen molar-refractivity contribution in [1.29, 1.82) is 0 Å². The summed E-state index contributed by atoms with van der Waals surface area (Å²) in [6.45, 7) is 4.27. The second-order valence-corrected chi connectivity index (χ2v) is 11.2. The van der Waals surface area contributed by atoms with Crippen LogP contribution in [0.4, 0.5) is 0 Å². The molecule has 0 aliphatic rings. The van der Waals surface area contributed by atoms with Crippen molar-refractivity contribution in [1.82, 2.24) is 5.32 Å². The molecule has 0 saturated carbocycles. The molecule has 0 bridgehead atoms. The van der Waals surface area contributed by atoms with Gasteiger partial charge in [0.15, 0.2) is 0 Å². The molecule has 4 nitrogen and oxygen atoms in total. The van der Waals surface area contributed by atoms with Gasteiger partial charge in [-0.1, -0.05) is 141 Å². The summed E-state index contributed by atoms with van der Waals surface area (Å²) in [7, 11) is 0. The molecule has 0 radical (unpaired) electrons. The Bertz CT molecular complexity index is 546. The normalized spacial score (nSPS) is 13.5. The van der Waals surface area contributed by atoms with Crippen LogP contribution in [0.25, 0.3) is 0 Å². The van der Waals surface area contributed by atoms with Crippen molar-refractivity contribution in [2.75, 3.05) is 6.61 Å². The van der Waals surface area contributed by atoms with E-state index in [9.17, 15) is 15.0 Å². The maximum absolute atomic E-state index is 12.2. The van der Waals surface area contributed by atoms with E-state index in [1.54, 1.807) is 6.08 Å². The molecule has 2 atom stereocenters. The van der Waals surface area contributed by atoms with Crippen LogP contribution in [0.3, 0.4) is 0 Å². The van der Waals surface area contributed by atoms with Crippen molar-refractivity contribution in [3.63, 3.8) is 0 Å². The van der Waals surface area contributed by atoms with Crippen LogP contribution in [0.1, 0.15) is 168 Å². The SMILES string of the molecule is CCCCCCC/C=C\CCCCCCC(=O)NC(CO)C(O)/C=C/CCCCCCCCCCCCC. The molecular weight excluding hydrogens is 470 g/mol. The first kappa shape index (κ1) is 36.9. The number of hydrogen-bond donors (Lipinski definition) is 3. The van der Waals surface area contributed by atoms with Gasteiger partial charge in [0.25, 0.3) is 0 Å². The van der Waals surface area contributed by atoms with E-state index < -0.39 is 12.1 Å². The second-order valence-electron chi connectivity index (χ2n) is 11.2. The third-order valence-electron chi connectivity index (χ3n) is 7.43. The van der Waals surface area contributed by atoms with E-state index in [1.165, 1.54) is 109 Å². The lowest BCUT2D eigenvalue weighted by Crippen LogP contribution is -2.45. The Morgan fingerprint density at radius 1 is 0.605 bits per heavy atom. The van der Waals surface area contributed by atoms with E-state index in [0.717, 1.165) is 38.5 Å². The number of aliphatic hydroxyl groups excluding tert-OH is 2. The van der Waals surface area contributed by atoms with E-state index in [2.05, 4.69) is 31.3 Å². The molecule has 2 unspecified atom stereocenters. The molecule has 0 aromatic carbocycles. The molecule has 0 heterocycles. The molecule has 0 rings (SSSR count). The molecule has 0 fully saturated rings. The summed E-state index contributed by atoms with van der Waals surface area (Å²) in [4.78, 5) is 12.2. The summed E-state index contributed by atoms with van der Waals surface area (Å²) in [6, 6.07) is -0.622. The molecule has 0 aliphatic heterocycles. The van der Waals surface area contributed by atoms with E-state index in [4.69, 9.17) is 0 Å². The molecule has 0 aromatic heterocycles. The number of unbranched alkanes of at least 4 members (excludes halogenated alkanes) is 20. The van der Waals surface area contributed by atoms with Crippen LogP contribution in [0.2, 0.25) is 0 Å². The molecule has 0 aromatic rings. The average Bonchev–Trinajstić information content (AvgIpc) is 2.92. The number of nitrogens with one attached hydrogen (secondary N) is 1. The first-order valence-electron chi connectivity index (χ1n) is 16.6. The molecule has 3 N–H and O–H groups in total. The number of hydrogen-bond acceptors (Lipinski definition) is 3. The summed E-state index contributed by atoms with van der Waals surface area (Å²) in [5.74, 6) is -0.0789. The molecule has 0 saturated heterocycles. The minimum absolute atomic E-state index is 0.0789. The van der Waals surface area contributed by atoms with Crippen molar-refractivity contribution >= 4 is 5.91 Å². The predicted molar refractivity (Wildman–Crippen MR) is 165 cm³/mol. The number of carbonyl (C=O) groups is 1. The summed E-state index contributed by atoms with van der Waals surface area (Å²) >= 11 is 0.